The van der Waals surface area contributed by atoms with E-state index in [1.54, 1.807) is 24.3 Å². The number of hydrogen-bond acceptors (Lipinski definition) is 5. The lowest BCUT2D eigenvalue weighted by molar-refractivity contribution is 0.371. The van der Waals surface area contributed by atoms with Crippen LogP contribution in [0.25, 0.3) is 0 Å². The van der Waals surface area contributed by atoms with Crippen LogP contribution in [0, 0.1) is 0 Å². The summed E-state index contributed by atoms with van der Waals surface area (Å²) in [7, 11) is -3.25. The molecule has 1 aliphatic rings. The molecule has 1 aromatic carbocycles. The molecule has 2 heterocycles. The number of aromatic nitrogens is 1. The van der Waals surface area contributed by atoms with Crippen molar-refractivity contribution in [1.82, 2.24) is 15.2 Å². The summed E-state index contributed by atoms with van der Waals surface area (Å²) in [5, 5.41) is 3.33. The molecule has 1 aromatic heterocycles. The molecule has 1 saturated heterocycles. The number of pyridine rings is 1. The molecule has 0 saturated carbocycles. The third-order valence-corrected chi connectivity index (χ3v) is 6.64. The molecular formula is C21H30IN5O2S. The average Bonchev–Trinajstić information content (AvgIpc) is 2.77. The number of anilines is 1. The van der Waals surface area contributed by atoms with Crippen LogP contribution in [0.1, 0.15) is 13.3 Å². The third-order valence-electron chi connectivity index (χ3n) is 4.82. The van der Waals surface area contributed by atoms with Gasteiger partial charge in [0, 0.05) is 45.5 Å². The Kier molecular flexibility index (Phi) is 9.83. The number of halogens is 1. The smallest absolute Gasteiger partial charge is 0.194 e. The van der Waals surface area contributed by atoms with Crippen molar-refractivity contribution in [3.8, 4) is 0 Å². The van der Waals surface area contributed by atoms with Gasteiger partial charge < -0.3 is 15.1 Å². The van der Waals surface area contributed by atoms with Gasteiger partial charge in [-0.2, -0.15) is 0 Å². The van der Waals surface area contributed by atoms with Crippen LogP contribution in [0.15, 0.2) is 64.6 Å². The van der Waals surface area contributed by atoms with Crippen LogP contribution in [-0.2, 0) is 9.84 Å². The molecule has 1 aliphatic heterocycles. The van der Waals surface area contributed by atoms with E-state index in [0.717, 1.165) is 44.5 Å². The van der Waals surface area contributed by atoms with Gasteiger partial charge >= 0.3 is 0 Å². The molecule has 0 amide bonds. The number of piperazine rings is 1. The van der Waals surface area contributed by atoms with Crippen molar-refractivity contribution in [3.63, 3.8) is 0 Å². The number of nitrogens with zero attached hydrogens (tertiary/aromatic N) is 4. The maximum absolute atomic E-state index is 12.4. The highest BCUT2D eigenvalue weighted by Gasteiger charge is 2.20. The van der Waals surface area contributed by atoms with E-state index in [1.165, 1.54) is 0 Å². The molecule has 0 unspecified atom stereocenters. The topological polar surface area (TPSA) is 77.9 Å². The van der Waals surface area contributed by atoms with E-state index in [1.807, 2.05) is 37.4 Å². The lowest BCUT2D eigenvalue weighted by atomic mass is 10.3. The molecule has 1 N–H and O–H groups in total. The zero-order valence-electron chi connectivity index (χ0n) is 17.3. The predicted molar refractivity (Wildman–Crippen MR) is 133 cm³/mol. The molecule has 164 valence electrons. The Balaban J connectivity index is 0.00000320. The molecule has 7 nitrogen and oxygen atoms in total. The van der Waals surface area contributed by atoms with Gasteiger partial charge in [0.1, 0.15) is 5.82 Å². The minimum absolute atomic E-state index is 0. The van der Waals surface area contributed by atoms with Crippen LogP contribution in [0.3, 0.4) is 0 Å². The summed E-state index contributed by atoms with van der Waals surface area (Å²) in [5.74, 6) is 1.96. The second-order valence-electron chi connectivity index (χ2n) is 6.88. The van der Waals surface area contributed by atoms with Gasteiger partial charge in [0.2, 0.25) is 0 Å². The summed E-state index contributed by atoms with van der Waals surface area (Å²) in [6.07, 6.45) is 2.32. The standard InChI is InChI=1S/C21H29N5O2S.HI/c1-2-22-21(24-13-8-18-29(27,28)19-9-4-3-5-10-19)26-16-14-25(15-17-26)20-11-6-7-12-23-20;/h3-7,9-12H,2,8,13-18H2,1H3,(H,22,24);1H. The summed E-state index contributed by atoms with van der Waals surface area (Å²) in [4.78, 5) is 14.0. The molecule has 0 spiro atoms. The highest BCUT2D eigenvalue weighted by Crippen LogP contribution is 2.13. The van der Waals surface area contributed by atoms with Gasteiger partial charge in [0.25, 0.3) is 0 Å². The van der Waals surface area contributed by atoms with Gasteiger partial charge in [0.05, 0.1) is 10.6 Å². The summed E-state index contributed by atoms with van der Waals surface area (Å²) in [6.45, 7) is 6.76. The highest BCUT2D eigenvalue weighted by molar-refractivity contribution is 14.0. The van der Waals surface area contributed by atoms with Crippen molar-refractivity contribution < 1.29 is 8.42 Å². The van der Waals surface area contributed by atoms with Crippen molar-refractivity contribution in [2.24, 2.45) is 4.99 Å². The summed E-state index contributed by atoms with van der Waals surface area (Å²) < 4.78 is 24.8. The Morgan fingerprint density at radius 1 is 1.07 bits per heavy atom. The lowest BCUT2D eigenvalue weighted by Gasteiger charge is -2.37. The molecule has 1 fully saturated rings. The van der Waals surface area contributed by atoms with E-state index in [9.17, 15) is 8.42 Å². The first-order chi connectivity index (χ1) is 14.1. The van der Waals surface area contributed by atoms with E-state index in [4.69, 9.17) is 0 Å². The monoisotopic (exact) mass is 543 g/mol. The van der Waals surface area contributed by atoms with Crippen LogP contribution >= 0.6 is 24.0 Å². The number of guanidine groups is 1. The number of aliphatic imine (C=N–C) groups is 1. The van der Waals surface area contributed by atoms with Crippen LogP contribution in [0.4, 0.5) is 5.82 Å². The molecule has 30 heavy (non-hydrogen) atoms. The van der Waals surface area contributed by atoms with Crippen LogP contribution in [0.5, 0.6) is 0 Å². The van der Waals surface area contributed by atoms with E-state index >= 15 is 0 Å². The van der Waals surface area contributed by atoms with Gasteiger partial charge in [-0.1, -0.05) is 24.3 Å². The van der Waals surface area contributed by atoms with Crippen LogP contribution in [-0.4, -0.2) is 69.3 Å². The number of benzene rings is 1. The summed E-state index contributed by atoms with van der Waals surface area (Å²) in [6, 6.07) is 14.6. The number of nitrogens with one attached hydrogen (secondary N) is 1. The Hall–Kier alpha value is -1.88. The maximum atomic E-state index is 12.4. The summed E-state index contributed by atoms with van der Waals surface area (Å²) in [5.41, 5.74) is 0. The number of hydrogen-bond donors (Lipinski definition) is 1. The largest absolute Gasteiger partial charge is 0.357 e. The second kappa shape index (κ2) is 12.1. The van der Waals surface area contributed by atoms with Crippen molar-refractivity contribution in [2.75, 3.05) is 49.9 Å². The van der Waals surface area contributed by atoms with Crippen molar-refractivity contribution in [2.45, 2.75) is 18.2 Å². The zero-order valence-corrected chi connectivity index (χ0v) is 20.4. The first-order valence-corrected chi connectivity index (χ1v) is 11.7. The molecular weight excluding hydrogens is 513 g/mol. The Bertz CT molecular complexity index is 886. The van der Waals surface area contributed by atoms with E-state index in [-0.39, 0.29) is 29.7 Å². The molecule has 0 bridgehead atoms. The van der Waals surface area contributed by atoms with Gasteiger partial charge in [0.15, 0.2) is 15.8 Å². The fourth-order valence-corrected chi connectivity index (χ4v) is 4.62. The van der Waals surface area contributed by atoms with Crippen molar-refractivity contribution in [1.29, 1.82) is 0 Å². The van der Waals surface area contributed by atoms with Crippen molar-refractivity contribution >= 4 is 45.6 Å². The second-order valence-corrected chi connectivity index (χ2v) is 8.99. The van der Waals surface area contributed by atoms with Gasteiger partial charge in [-0.05, 0) is 37.6 Å². The fraction of sp³-hybridized carbons (Fsp3) is 0.429. The average molecular weight is 543 g/mol. The van der Waals surface area contributed by atoms with Crippen LogP contribution in [0.2, 0.25) is 0 Å². The summed E-state index contributed by atoms with van der Waals surface area (Å²) >= 11 is 0. The van der Waals surface area contributed by atoms with Gasteiger partial charge in [-0.25, -0.2) is 13.4 Å². The first-order valence-electron chi connectivity index (χ1n) is 10.1. The molecule has 9 heteroatoms. The lowest BCUT2D eigenvalue weighted by Crippen LogP contribution is -2.52. The zero-order chi connectivity index (χ0) is 20.5. The minimum Gasteiger partial charge on any atom is -0.357 e. The molecule has 0 aliphatic carbocycles. The normalized spacial score (nSPS) is 14.9. The first kappa shape index (κ1) is 24.4. The predicted octanol–water partition coefficient (Wildman–Crippen LogP) is 2.65. The van der Waals surface area contributed by atoms with E-state index < -0.39 is 9.84 Å². The molecule has 3 rings (SSSR count). The highest BCUT2D eigenvalue weighted by atomic mass is 127. The van der Waals surface area contributed by atoms with Gasteiger partial charge in [-0.3, -0.25) is 4.99 Å². The Morgan fingerprint density at radius 3 is 2.40 bits per heavy atom. The minimum atomic E-state index is -3.25. The van der Waals surface area contributed by atoms with E-state index in [2.05, 4.69) is 25.1 Å². The Morgan fingerprint density at radius 2 is 1.77 bits per heavy atom. The molecule has 0 radical (unpaired) electrons. The SMILES string of the molecule is CCNC(=NCCCS(=O)(=O)c1ccccc1)N1CCN(c2ccccn2)CC1.I. The van der Waals surface area contributed by atoms with Gasteiger partial charge in [-0.15, -0.1) is 24.0 Å². The Labute approximate surface area is 196 Å². The number of rotatable bonds is 7. The number of sulfone groups is 1. The molecule has 0 atom stereocenters. The molecule has 2 aromatic rings. The van der Waals surface area contributed by atoms with Crippen molar-refractivity contribution in [3.05, 3.63) is 54.7 Å². The maximum Gasteiger partial charge on any atom is 0.194 e. The van der Waals surface area contributed by atoms with Crippen LogP contribution < -0.4 is 10.2 Å². The van der Waals surface area contributed by atoms with E-state index in [0.29, 0.717) is 17.9 Å². The quantitative estimate of drug-likeness (QED) is 0.251. The third kappa shape index (κ3) is 6.83. The fourth-order valence-electron chi connectivity index (χ4n) is 3.30.